The first-order valence-electron chi connectivity index (χ1n) is 7.52. The van der Waals surface area contributed by atoms with Crippen LogP contribution in [0.15, 0.2) is 42.5 Å². The monoisotopic (exact) mass is 296 g/mol. The summed E-state index contributed by atoms with van der Waals surface area (Å²) in [5.74, 6) is 0.370. The van der Waals surface area contributed by atoms with E-state index in [9.17, 15) is 4.79 Å². The second-order valence-electron chi connectivity index (χ2n) is 5.54. The third-order valence-corrected chi connectivity index (χ3v) is 4.21. The van der Waals surface area contributed by atoms with Gasteiger partial charge in [-0.05, 0) is 42.5 Å². The number of ether oxygens (including phenoxy) is 1. The molecule has 0 spiro atoms. The topological polar surface area (TPSA) is 64.3 Å². The molecular formula is C18H20N2O2. The summed E-state index contributed by atoms with van der Waals surface area (Å²) in [6.07, 6.45) is 3.10. The number of anilines is 1. The second-order valence-corrected chi connectivity index (χ2v) is 5.54. The minimum absolute atomic E-state index is 0.0445. The van der Waals surface area contributed by atoms with E-state index in [1.807, 2.05) is 12.1 Å². The Bertz CT molecular complexity index is 697. The average Bonchev–Trinajstić information content (AvgIpc) is 2.55. The molecule has 2 aromatic carbocycles. The number of benzene rings is 2. The Kier molecular flexibility index (Phi) is 4.00. The first-order chi connectivity index (χ1) is 10.7. The van der Waals surface area contributed by atoms with Crippen LogP contribution >= 0.6 is 0 Å². The van der Waals surface area contributed by atoms with Gasteiger partial charge in [-0.3, -0.25) is 4.79 Å². The summed E-state index contributed by atoms with van der Waals surface area (Å²) in [6, 6.07) is 13.6. The van der Waals surface area contributed by atoms with Gasteiger partial charge in [0, 0.05) is 0 Å². The molecular weight excluding hydrogens is 276 g/mol. The van der Waals surface area contributed by atoms with E-state index < -0.39 is 0 Å². The van der Waals surface area contributed by atoms with Gasteiger partial charge >= 0.3 is 0 Å². The number of methoxy groups -OCH3 is 1. The van der Waals surface area contributed by atoms with E-state index in [4.69, 9.17) is 10.5 Å². The molecule has 2 aromatic rings. The summed E-state index contributed by atoms with van der Waals surface area (Å²) < 4.78 is 5.18. The zero-order valence-corrected chi connectivity index (χ0v) is 12.6. The molecule has 0 heterocycles. The molecule has 114 valence electrons. The Morgan fingerprint density at radius 3 is 2.86 bits per heavy atom. The summed E-state index contributed by atoms with van der Waals surface area (Å²) >= 11 is 0. The number of carbonyl (C=O) groups excluding carboxylic acids is 1. The minimum atomic E-state index is -0.155. The van der Waals surface area contributed by atoms with E-state index in [-0.39, 0.29) is 11.9 Å². The van der Waals surface area contributed by atoms with Crippen LogP contribution in [0.5, 0.6) is 5.75 Å². The number of carbonyl (C=O) groups is 1. The van der Waals surface area contributed by atoms with Crippen molar-refractivity contribution in [3.8, 4) is 5.75 Å². The predicted molar refractivity (Wildman–Crippen MR) is 87.0 cm³/mol. The Morgan fingerprint density at radius 2 is 2.05 bits per heavy atom. The molecule has 0 radical (unpaired) electrons. The number of nitrogens with one attached hydrogen (secondary N) is 1. The zero-order valence-electron chi connectivity index (χ0n) is 12.6. The van der Waals surface area contributed by atoms with Gasteiger partial charge in [-0.25, -0.2) is 0 Å². The highest BCUT2D eigenvalue weighted by Gasteiger charge is 2.23. The van der Waals surface area contributed by atoms with Crippen molar-refractivity contribution in [2.45, 2.75) is 25.3 Å². The number of nitrogen functional groups attached to an aromatic ring is 1. The second kappa shape index (κ2) is 6.10. The van der Waals surface area contributed by atoms with Gasteiger partial charge in [0.2, 0.25) is 0 Å². The molecule has 1 aliphatic carbocycles. The van der Waals surface area contributed by atoms with Crippen LogP contribution in [0.2, 0.25) is 0 Å². The van der Waals surface area contributed by atoms with E-state index in [1.54, 1.807) is 25.3 Å². The smallest absolute Gasteiger partial charge is 0.253 e. The fraction of sp³-hybridized carbons (Fsp3) is 0.278. The van der Waals surface area contributed by atoms with Crippen molar-refractivity contribution in [1.82, 2.24) is 5.32 Å². The average molecular weight is 296 g/mol. The van der Waals surface area contributed by atoms with Crippen molar-refractivity contribution < 1.29 is 9.53 Å². The number of para-hydroxylation sites is 1. The van der Waals surface area contributed by atoms with Crippen LogP contribution in [0.1, 0.15) is 40.4 Å². The maximum absolute atomic E-state index is 12.6. The van der Waals surface area contributed by atoms with Crippen molar-refractivity contribution in [3.05, 3.63) is 59.2 Å². The van der Waals surface area contributed by atoms with Crippen LogP contribution in [-0.2, 0) is 6.42 Å². The highest BCUT2D eigenvalue weighted by Crippen LogP contribution is 2.31. The Hall–Kier alpha value is -2.49. The van der Waals surface area contributed by atoms with Gasteiger partial charge in [-0.1, -0.05) is 30.3 Å². The predicted octanol–water partition coefficient (Wildman–Crippen LogP) is 3.08. The number of amides is 1. The zero-order chi connectivity index (χ0) is 15.5. The Morgan fingerprint density at radius 1 is 1.23 bits per heavy atom. The lowest BCUT2D eigenvalue weighted by Gasteiger charge is -2.26. The van der Waals surface area contributed by atoms with Crippen molar-refractivity contribution in [2.75, 3.05) is 12.8 Å². The molecule has 22 heavy (non-hydrogen) atoms. The van der Waals surface area contributed by atoms with E-state index >= 15 is 0 Å². The van der Waals surface area contributed by atoms with Gasteiger partial charge in [-0.15, -0.1) is 0 Å². The summed E-state index contributed by atoms with van der Waals surface area (Å²) in [5, 5.41) is 3.11. The number of fused-ring (bicyclic) bond motifs is 1. The molecule has 0 bridgehead atoms. The van der Waals surface area contributed by atoms with Crippen molar-refractivity contribution in [1.29, 1.82) is 0 Å². The number of hydrogen-bond donors (Lipinski definition) is 2. The van der Waals surface area contributed by atoms with Gasteiger partial charge in [0.1, 0.15) is 5.75 Å². The maximum atomic E-state index is 12.6. The molecule has 0 aliphatic heterocycles. The normalized spacial score (nSPS) is 16.7. The lowest BCUT2D eigenvalue weighted by Crippen LogP contribution is -2.31. The van der Waals surface area contributed by atoms with Crippen molar-refractivity contribution in [2.24, 2.45) is 0 Å². The van der Waals surface area contributed by atoms with Gasteiger partial charge in [-0.2, -0.15) is 0 Å². The quantitative estimate of drug-likeness (QED) is 0.855. The minimum Gasteiger partial charge on any atom is -0.495 e. The number of nitrogens with two attached hydrogens (primary N) is 1. The van der Waals surface area contributed by atoms with Crippen LogP contribution < -0.4 is 15.8 Å². The molecule has 0 saturated heterocycles. The van der Waals surface area contributed by atoms with Gasteiger partial charge < -0.3 is 15.8 Å². The Balaban J connectivity index is 1.84. The van der Waals surface area contributed by atoms with E-state index in [2.05, 4.69) is 17.4 Å². The summed E-state index contributed by atoms with van der Waals surface area (Å²) in [7, 11) is 1.55. The van der Waals surface area contributed by atoms with Gasteiger partial charge in [0.25, 0.3) is 5.91 Å². The molecule has 1 amide bonds. The van der Waals surface area contributed by atoms with Gasteiger partial charge in [0.05, 0.1) is 24.4 Å². The van der Waals surface area contributed by atoms with E-state index in [1.165, 1.54) is 11.1 Å². The lowest BCUT2D eigenvalue weighted by molar-refractivity contribution is 0.0933. The van der Waals surface area contributed by atoms with Crippen LogP contribution in [0, 0.1) is 0 Å². The fourth-order valence-electron chi connectivity index (χ4n) is 3.06. The summed E-state index contributed by atoms with van der Waals surface area (Å²) in [4.78, 5) is 12.6. The van der Waals surface area contributed by atoms with Crippen molar-refractivity contribution >= 4 is 11.6 Å². The van der Waals surface area contributed by atoms with Crippen LogP contribution in [0.3, 0.4) is 0 Å². The number of aryl methyl sites for hydroxylation is 1. The third kappa shape index (κ3) is 2.64. The van der Waals surface area contributed by atoms with Crippen LogP contribution in [0.25, 0.3) is 0 Å². The van der Waals surface area contributed by atoms with E-state index in [0.717, 1.165) is 19.3 Å². The molecule has 1 aliphatic rings. The maximum Gasteiger partial charge on any atom is 0.253 e. The molecule has 4 heteroatoms. The molecule has 0 saturated carbocycles. The molecule has 1 atom stereocenters. The molecule has 3 rings (SSSR count). The van der Waals surface area contributed by atoms with Gasteiger partial charge in [0.15, 0.2) is 0 Å². The molecule has 0 aromatic heterocycles. The molecule has 3 N–H and O–H groups in total. The lowest BCUT2D eigenvalue weighted by atomic mass is 9.87. The van der Waals surface area contributed by atoms with E-state index in [0.29, 0.717) is 17.0 Å². The van der Waals surface area contributed by atoms with Crippen LogP contribution in [0.4, 0.5) is 5.69 Å². The fourth-order valence-corrected chi connectivity index (χ4v) is 3.06. The highest BCUT2D eigenvalue weighted by molar-refractivity contribution is 6.00. The number of rotatable bonds is 3. The first-order valence-corrected chi connectivity index (χ1v) is 7.52. The SMILES string of the molecule is COc1cccc(C(=O)N[C@@H]2CCCc3ccccc32)c1N. The largest absolute Gasteiger partial charge is 0.495 e. The number of hydrogen-bond acceptors (Lipinski definition) is 3. The summed E-state index contributed by atoms with van der Waals surface area (Å²) in [6.45, 7) is 0. The third-order valence-electron chi connectivity index (χ3n) is 4.21. The molecule has 0 unspecified atom stereocenters. The molecule has 4 nitrogen and oxygen atoms in total. The van der Waals surface area contributed by atoms with Crippen LogP contribution in [-0.4, -0.2) is 13.0 Å². The Labute approximate surface area is 130 Å². The summed E-state index contributed by atoms with van der Waals surface area (Å²) in [5.41, 5.74) is 9.38. The van der Waals surface area contributed by atoms with Crippen molar-refractivity contribution in [3.63, 3.8) is 0 Å². The highest BCUT2D eigenvalue weighted by atomic mass is 16.5. The standard InChI is InChI=1S/C18H20N2O2/c1-22-16-11-5-9-14(17(16)19)18(21)20-15-10-4-7-12-6-2-3-8-13(12)15/h2-3,5-6,8-9,11,15H,4,7,10,19H2,1H3,(H,20,21)/t15-/m1/s1. The molecule has 0 fully saturated rings. The first kappa shape index (κ1) is 14.4.